The smallest absolute Gasteiger partial charge is 0.349 e. The van der Waals surface area contributed by atoms with E-state index in [1.807, 2.05) is 4.72 Å². The van der Waals surface area contributed by atoms with Gasteiger partial charge in [0.2, 0.25) is 0 Å². The Labute approximate surface area is 148 Å². The van der Waals surface area contributed by atoms with E-state index in [0.717, 1.165) is 25.0 Å². The molecule has 1 amide bonds. The van der Waals surface area contributed by atoms with Crippen LogP contribution in [0.1, 0.15) is 28.8 Å². The Hall–Kier alpha value is -2.55. The molecule has 3 rings (SSSR count). The number of halogens is 3. The largest absolute Gasteiger partial charge is 0.418 e. The molecule has 2 aromatic carbocycles. The van der Waals surface area contributed by atoms with Crippen LogP contribution in [-0.4, -0.2) is 20.4 Å². The van der Waals surface area contributed by atoms with E-state index in [1.54, 1.807) is 0 Å². The van der Waals surface area contributed by atoms with E-state index in [1.165, 1.54) is 36.4 Å². The maximum Gasteiger partial charge on any atom is 0.418 e. The summed E-state index contributed by atoms with van der Waals surface area (Å²) < 4.78 is 65.7. The van der Waals surface area contributed by atoms with Gasteiger partial charge in [-0.15, -0.1) is 0 Å². The monoisotopic (exact) mass is 384 g/mol. The van der Waals surface area contributed by atoms with Crippen molar-refractivity contribution >= 4 is 21.6 Å². The van der Waals surface area contributed by atoms with Gasteiger partial charge in [-0.25, -0.2) is 8.42 Å². The molecule has 0 unspecified atom stereocenters. The van der Waals surface area contributed by atoms with Gasteiger partial charge in [-0.2, -0.15) is 13.2 Å². The normalized spacial score (nSPS) is 14.7. The minimum absolute atomic E-state index is 0.159. The summed E-state index contributed by atoms with van der Waals surface area (Å²) in [5, 5.41) is 2.76. The first-order valence-corrected chi connectivity index (χ1v) is 9.25. The Balaban J connectivity index is 1.81. The van der Waals surface area contributed by atoms with Gasteiger partial charge >= 0.3 is 6.18 Å². The molecule has 0 aromatic heterocycles. The van der Waals surface area contributed by atoms with Crippen LogP contribution in [0.25, 0.3) is 0 Å². The van der Waals surface area contributed by atoms with Crippen molar-refractivity contribution in [2.75, 3.05) is 4.72 Å². The number of hydrogen-bond donors (Lipinski definition) is 2. The second kappa shape index (κ2) is 6.64. The molecular formula is C17H15F3N2O3S. The number of alkyl halides is 3. The van der Waals surface area contributed by atoms with E-state index in [4.69, 9.17) is 0 Å². The quantitative estimate of drug-likeness (QED) is 0.830. The van der Waals surface area contributed by atoms with Crippen LogP contribution in [0.3, 0.4) is 0 Å². The van der Waals surface area contributed by atoms with Gasteiger partial charge in [0.1, 0.15) is 0 Å². The molecule has 9 heteroatoms. The predicted octanol–water partition coefficient (Wildman–Crippen LogP) is 3.40. The fourth-order valence-electron chi connectivity index (χ4n) is 2.30. The van der Waals surface area contributed by atoms with Crippen LogP contribution in [0.2, 0.25) is 0 Å². The van der Waals surface area contributed by atoms with Crippen LogP contribution in [0.5, 0.6) is 0 Å². The lowest BCUT2D eigenvalue weighted by atomic mass is 10.2. The molecule has 1 aliphatic carbocycles. The van der Waals surface area contributed by atoms with Crippen molar-refractivity contribution in [2.45, 2.75) is 30.0 Å². The number of carbonyl (C=O) groups excluding carboxylic acids is 1. The van der Waals surface area contributed by atoms with Gasteiger partial charge in [0, 0.05) is 11.6 Å². The van der Waals surface area contributed by atoms with Crippen LogP contribution < -0.4 is 10.0 Å². The third kappa shape index (κ3) is 4.16. The summed E-state index contributed by atoms with van der Waals surface area (Å²) in [5.41, 5.74) is -1.36. The minimum Gasteiger partial charge on any atom is -0.349 e. The van der Waals surface area contributed by atoms with Gasteiger partial charge in [-0.05, 0) is 49.2 Å². The number of benzene rings is 2. The maximum atomic E-state index is 13.0. The molecule has 2 N–H and O–H groups in total. The van der Waals surface area contributed by atoms with Crippen LogP contribution in [-0.2, 0) is 16.2 Å². The van der Waals surface area contributed by atoms with Crippen LogP contribution in [0.15, 0.2) is 53.4 Å². The number of hydrogen-bond acceptors (Lipinski definition) is 3. The first-order valence-electron chi connectivity index (χ1n) is 7.77. The van der Waals surface area contributed by atoms with Crippen molar-refractivity contribution in [3.63, 3.8) is 0 Å². The molecule has 1 aliphatic rings. The SMILES string of the molecule is O=C(NC1CC1)c1ccc(S(=O)(=O)Nc2ccccc2C(F)(F)F)cc1. The van der Waals surface area contributed by atoms with E-state index < -0.39 is 27.5 Å². The topological polar surface area (TPSA) is 75.3 Å². The molecule has 0 bridgehead atoms. The van der Waals surface area contributed by atoms with Crippen molar-refractivity contribution in [1.82, 2.24) is 5.32 Å². The highest BCUT2D eigenvalue weighted by Gasteiger charge is 2.34. The van der Waals surface area contributed by atoms with Crippen LogP contribution >= 0.6 is 0 Å². The zero-order chi connectivity index (χ0) is 18.9. The Morgan fingerprint density at radius 3 is 2.19 bits per heavy atom. The van der Waals surface area contributed by atoms with E-state index in [-0.39, 0.29) is 22.4 Å². The zero-order valence-corrected chi connectivity index (χ0v) is 14.2. The van der Waals surface area contributed by atoms with Crippen molar-refractivity contribution in [3.8, 4) is 0 Å². The van der Waals surface area contributed by atoms with Gasteiger partial charge in [0.15, 0.2) is 0 Å². The lowest BCUT2D eigenvalue weighted by molar-refractivity contribution is -0.136. The van der Waals surface area contributed by atoms with Crippen LogP contribution in [0.4, 0.5) is 18.9 Å². The molecule has 0 radical (unpaired) electrons. The fourth-order valence-corrected chi connectivity index (χ4v) is 3.38. The fraction of sp³-hybridized carbons (Fsp3) is 0.235. The highest BCUT2D eigenvalue weighted by molar-refractivity contribution is 7.92. The highest BCUT2D eigenvalue weighted by atomic mass is 32.2. The molecule has 0 saturated heterocycles. The number of rotatable bonds is 5. The summed E-state index contributed by atoms with van der Waals surface area (Å²) in [5.74, 6) is -0.313. The average Bonchev–Trinajstić information content (AvgIpc) is 3.38. The molecule has 0 spiro atoms. The Kier molecular flexibility index (Phi) is 4.66. The van der Waals surface area contributed by atoms with Gasteiger partial charge in [0.05, 0.1) is 16.1 Å². The van der Waals surface area contributed by atoms with Gasteiger partial charge < -0.3 is 5.32 Å². The summed E-state index contributed by atoms with van der Waals surface area (Å²) >= 11 is 0. The molecule has 0 aliphatic heterocycles. The zero-order valence-electron chi connectivity index (χ0n) is 13.4. The van der Waals surface area contributed by atoms with E-state index in [2.05, 4.69) is 5.32 Å². The number of amides is 1. The second-order valence-electron chi connectivity index (χ2n) is 5.92. The van der Waals surface area contributed by atoms with E-state index in [9.17, 15) is 26.4 Å². The standard InChI is InChI=1S/C17H15F3N2O3S/c18-17(19,20)14-3-1-2-4-15(14)22-26(24,25)13-9-5-11(6-10-13)16(23)21-12-7-8-12/h1-6,9-10,12,22H,7-8H2,(H,21,23). The summed E-state index contributed by atoms with van der Waals surface area (Å²) in [4.78, 5) is 11.7. The molecule has 1 saturated carbocycles. The van der Waals surface area contributed by atoms with Gasteiger partial charge in [-0.3, -0.25) is 9.52 Å². The molecule has 2 aromatic rings. The Bertz CT molecular complexity index is 921. The summed E-state index contributed by atoms with van der Waals surface area (Å²) in [6.07, 6.45) is -2.86. The Morgan fingerprint density at radius 2 is 1.62 bits per heavy atom. The second-order valence-corrected chi connectivity index (χ2v) is 7.60. The average molecular weight is 384 g/mol. The lowest BCUT2D eigenvalue weighted by Crippen LogP contribution is -2.25. The third-order valence-electron chi connectivity index (χ3n) is 3.82. The number of sulfonamides is 1. The number of carbonyl (C=O) groups is 1. The summed E-state index contributed by atoms with van der Waals surface area (Å²) in [6, 6.07) is 9.48. The molecule has 0 heterocycles. The number of nitrogens with one attached hydrogen (secondary N) is 2. The number of para-hydroxylation sites is 1. The third-order valence-corrected chi connectivity index (χ3v) is 5.20. The van der Waals surface area contributed by atoms with Crippen LogP contribution in [0, 0.1) is 0 Å². The van der Waals surface area contributed by atoms with Crippen molar-refractivity contribution in [2.24, 2.45) is 0 Å². The summed E-state index contributed by atoms with van der Waals surface area (Å²) in [7, 11) is -4.23. The molecule has 5 nitrogen and oxygen atoms in total. The first-order chi connectivity index (χ1) is 12.2. The Morgan fingerprint density at radius 1 is 1.00 bits per heavy atom. The molecule has 26 heavy (non-hydrogen) atoms. The molecule has 1 fully saturated rings. The van der Waals surface area contributed by atoms with E-state index in [0.29, 0.717) is 0 Å². The van der Waals surface area contributed by atoms with Crippen molar-refractivity contribution < 1.29 is 26.4 Å². The van der Waals surface area contributed by atoms with Gasteiger partial charge in [-0.1, -0.05) is 12.1 Å². The minimum atomic E-state index is -4.69. The molecular weight excluding hydrogens is 369 g/mol. The molecule has 0 atom stereocenters. The lowest BCUT2D eigenvalue weighted by Gasteiger charge is -2.14. The maximum absolute atomic E-state index is 13.0. The summed E-state index contributed by atoms with van der Waals surface area (Å²) in [6.45, 7) is 0. The molecule has 138 valence electrons. The van der Waals surface area contributed by atoms with Crippen molar-refractivity contribution in [3.05, 3.63) is 59.7 Å². The highest BCUT2D eigenvalue weighted by Crippen LogP contribution is 2.35. The number of anilines is 1. The van der Waals surface area contributed by atoms with E-state index >= 15 is 0 Å². The van der Waals surface area contributed by atoms with Crippen molar-refractivity contribution in [1.29, 1.82) is 0 Å². The predicted molar refractivity (Wildman–Crippen MR) is 89.2 cm³/mol. The van der Waals surface area contributed by atoms with Gasteiger partial charge in [0.25, 0.3) is 15.9 Å². The first kappa shape index (κ1) is 18.2.